The van der Waals surface area contributed by atoms with Gasteiger partial charge >= 0.3 is 6.18 Å². The second-order valence-corrected chi connectivity index (χ2v) is 6.37. The Balaban J connectivity index is 0.00000420. The van der Waals surface area contributed by atoms with Crippen molar-refractivity contribution in [3.63, 3.8) is 0 Å². The molecular weight excluding hydrogens is 407 g/mol. The third kappa shape index (κ3) is 7.07. The van der Waals surface area contributed by atoms with Crippen molar-refractivity contribution < 1.29 is 22.8 Å². The summed E-state index contributed by atoms with van der Waals surface area (Å²) in [5.41, 5.74) is 5.65. The summed E-state index contributed by atoms with van der Waals surface area (Å²) in [5.74, 6) is -1.20. The number of alkyl halides is 3. The third-order valence-electron chi connectivity index (χ3n) is 4.15. The number of para-hydroxylation sites is 1. The van der Waals surface area contributed by atoms with Crippen LogP contribution < -0.4 is 16.4 Å². The maximum atomic E-state index is 12.9. The molecule has 4 N–H and O–H groups in total. The van der Waals surface area contributed by atoms with Gasteiger partial charge in [0.05, 0.1) is 16.8 Å². The molecule has 9 heteroatoms. The van der Waals surface area contributed by atoms with Crippen LogP contribution in [0.4, 0.5) is 18.9 Å². The minimum Gasteiger partial charge on any atom is -0.351 e. The summed E-state index contributed by atoms with van der Waals surface area (Å²) < 4.78 is 38.6. The monoisotopic (exact) mass is 429 g/mol. The largest absolute Gasteiger partial charge is 0.416 e. The summed E-state index contributed by atoms with van der Waals surface area (Å²) >= 11 is 0. The van der Waals surface area contributed by atoms with Gasteiger partial charge in [0.2, 0.25) is 5.91 Å². The topological polar surface area (TPSA) is 84.2 Å². The number of anilines is 1. The average molecular weight is 430 g/mol. The van der Waals surface area contributed by atoms with Gasteiger partial charge in [0.15, 0.2) is 0 Å². The summed E-state index contributed by atoms with van der Waals surface area (Å²) in [5, 5.41) is 5.29. The molecule has 0 aliphatic rings. The first-order valence-corrected chi connectivity index (χ1v) is 8.76. The van der Waals surface area contributed by atoms with Crippen LogP contribution in [0.25, 0.3) is 0 Å². The van der Waals surface area contributed by atoms with E-state index in [1.807, 2.05) is 0 Å². The Bertz CT molecular complexity index is 844. The number of amides is 2. The molecule has 5 nitrogen and oxygen atoms in total. The van der Waals surface area contributed by atoms with Crippen molar-refractivity contribution in [1.82, 2.24) is 5.32 Å². The SMILES string of the molecule is CC(CC(=O)Nc1ccccc1C(=O)NCCN)c1cccc(C(F)(F)F)c1.Cl. The standard InChI is InChI=1S/C20H22F3N3O2.ClH/c1-13(14-5-4-6-15(12-14)20(21,22)23)11-18(27)26-17-8-3-2-7-16(17)19(28)25-10-9-24;/h2-8,12-13H,9-11,24H2,1H3,(H,25,28)(H,26,27);1H. The second kappa shape index (κ2) is 10.8. The van der Waals surface area contributed by atoms with Crippen LogP contribution in [0.1, 0.15) is 40.7 Å². The number of nitrogens with one attached hydrogen (secondary N) is 2. The number of nitrogens with two attached hydrogens (primary N) is 1. The molecule has 2 aromatic rings. The average Bonchev–Trinajstić information content (AvgIpc) is 2.65. The summed E-state index contributed by atoms with van der Waals surface area (Å²) in [4.78, 5) is 24.5. The van der Waals surface area contributed by atoms with Gasteiger partial charge in [-0.05, 0) is 29.7 Å². The van der Waals surface area contributed by atoms with Crippen LogP contribution in [-0.2, 0) is 11.0 Å². The van der Waals surface area contributed by atoms with E-state index in [1.165, 1.54) is 6.07 Å². The fourth-order valence-corrected chi connectivity index (χ4v) is 2.69. The number of benzene rings is 2. The molecule has 0 radical (unpaired) electrons. The summed E-state index contributed by atoms with van der Waals surface area (Å²) in [6, 6.07) is 11.4. The van der Waals surface area contributed by atoms with Gasteiger partial charge in [-0.25, -0.2) is 0 Å². The van der Waals surface area contributed by atoms with E-state index in [2.05, 4.69) is 10.6 Å². The molecule has 2 aromatic carbocycles. The second-order valence-electron chi connectivity index (χ2n) is 6.37. The molecule has 0 aliphatic carbocycles. The highest BCUT2D eigenvalue weighted by atomic mass is 35.5. The van der Waals surface area contributed by atoms with E-state index in [0.29, 0.717) is 17.8 Å². The van der Waals surface area contributed by atoms with Crippen LogP contribution in [0.3, 0.4) is 0 Å². The zero-order chi connectivity index (χ0) is 20.7. The first-order chi connectivity index (χ1) is 13.2. The summed E-state index contributed by atoms with van der Waals surface area (Å²) in [6.45, 7) is 2.26. The fraction of sp³-hybridized carbons (Fsp3) is 0.300. The molecule has 1 atom stereocenters. The van der Waals surface area contributed by atoms with Crippen LogP contribution in [0.15, 0.2) is 48.5 Å². The lowest BCUT2D eigenvalue weighted by atomic mass is 9.95. The number of halogens is 4. The van der Waals surface area contributed by atoms with E-state index < -0.39 is 23.6 Å². The normalized spacial score (nSPS) is 11.9. The van der Waals surface area contributed by atoms with Gasteiger partial charge in [-0.15, -0.1) is 12.4 Å². The van der Waals surface area contributed by atoms with Crippen LogP contribution >= 0.6 is 12.4 Å². The Labute approximate surface area is 173 Å². The fourth-order valence-electron chi connectivity index (χ4n) is 2.69. The molecule has 0 heterocycles. The van der Waals surface area contributed by atoms with E-state index >= 15 is 0 Å². The quantitative estimate of drug-likeness (QED) is 0.623. The number of hydrogen-bond acceptors (Lipinski definition) is 3. The van der Waals surface area contributed by atoms with Crippen LogP contribution in [0.2, 0.25) is 0 Å². The number of rotatable bonds is 7. The molecule has 158 valence electrons. The minimum absolute atomic E-state index is 0. The van der Waals surface area contributed by atoms with Gasteiger partial charge in [0.25, 0.3) is 5.91 Å². The molecule has 0 saturated carbocycles. The highest BCUT2D eigenvalue weighted by Gasteiger charge is 2.30. The molecule has 29 heavy (non-hydrogen) atoms. The van der Waals surface area contributed by atoms with Crippen molar-refractivity contribution in [2.75, 3.05) is 18.4 Å². The van der Waals surface area contributed by atoms with E-state index in [1.54, 1.807) is 37.3 Å². The Kier molecular flexibility index (Phi) is 9.13. The molecule has 0 aromatic heterocycles. The van der Waals surface area contributed by atoms with Crippen molar-refractivity contribution in [2.24, 2.45) is 5.73 Å². The zero-order valence-corrected chi connectivity index (χ0v) is 16.6. The first-order valence-electron chi connectivity index (χ1n) is 8.76. The number of carbonyl (C=O) groups excluding carboxylic acids is 2. The van der Waals surface area contributed by atoms with E-state index in [9.17, 15) is 22.8 Å². The first kappa shape index (κ1) is 24.5. The molecule has 0 spiro atoms. The van der Waals surface area contributed by atoms with Crippen molar-refractivity contribution in [3.8, 4) is 0 Å². The van der Waals surface area contributed by atoms with Crippen LogP contribution in [0, 0.1) is 0 Å². The number of carbonyl (C=O) groups is 2. The number of hydrogen-bond donors (Lipinski definition) is 3. The van der Waals surface area contributed by atoms with Gasteiger partial charge in [-0.3, -0.25) is 9.59 Å². The Morgan fingerprint density at radius 2 is 1.79 bits per heavy atom. The van der Waals surface area contributed by atoms with E-state index in [-0.39, 0.29) is 36.8 Å². The maximum absolute atomic E-state index is 12.9. The smallest absolute Gasteiger partial charge is 0.351 e. The van der Waals surface area contributed by atoms with Gasteiger partial charge in [-0.2, -0.15) is 13.2 Å². The van der Waals surface area contributed by atoms with Crippen molar-refractivity contribution in [3.05, 3.63) is 65.2 Å². The van der Waals surface area contributed by atoms with Crippen molar-refractivity contribution >= 4 is 29.9 Å². The molecule has 0 bridgehead atoms. The molecule has 0 saturated heterocycles. The van der Waals surface area contributed by atoms with Crippen LogP contribution in [0.5, 0.6) is 0 Å². The lowest BCUT2D eigenvalue weighted by molar-refractivity contribution is -0.137. The Morgan fingerprint density at radius 1 is 1.10 bits per heavy atom. The van der Waals surface area contributed by atoms with Gasteiger partial charge in [-0.1, -0.05) is 37.3 Å². The van der Waals surface area contributed by atoms with E-state index in [0.717, 1.165) is 12.1 Å². The van der Waals surface area contributed by atoms with Crippen molar-refractivity contribution in [1.29, 1.82) is 0 Å². The molecule has 2 rings (SSSR count). The predicted octanol–water partition coefficient (Wildman–Crippen LogP) is 3.95. The maximum Gasteiger partial charge on any atom is 0.416 e. The minimum atomic E-state index is -4.44. The van der Waals surface area contributed by atoms with Gasteiger partial charge in [0, 0.05) is 19.5 Å². The lowest BCUT2D eigenvalue weighted by Gasteiger charge is -2.15. The summed E-state index contributed by atoms with van der Waals surface area (Å²) in [6.07, 6.45) is -4.46. The summed E-state index contributed by atoms with van der Waals surface area (Å²) in [7, 11) is 0. The highest BCUT2D eigenvalue weighted by Crippen LogP contribution is 2.31. The molecule has 2 amide bonds. The third-order valence-corrected chi connectivity index (χ3v) is 4.15. The molecule has 0 aliphatic heterocycles. The van der Waals surface area contributed by atoms with Gasteiger partial charge in [0.1, 0.15) is 0 Å². The predicted molar refractivity (Wildman–Crippen MR) is 108 cm³/mol. The Morgan fingerprint density at radius 3 is 2.45 bits per heavy atom. The Hall–Kier alpha value is -2.58. The lowest BCUT2D eigenvalue weighted by Crippen LogP contribution is -2.30. The zero-order valence-electron chi connectivity index (χ0n) is 15.8. The van der Waals surface area contributed by atoms with E-state index in [4.69, 9.17) is 5.73 Å². The molecule has 1 unspecified atom stereocenters. The van der Waals surface area contributed by atoms with Crippen LogP contribution in [-0.4, -0.2) is 24.9 Å². The molecule has 0 fully saturated rings. The highest BCUT2D eigenvalue weighted by molar-refractivity contribution is 6.03. The molecular formula is C20H23ClF3N3O2. The van der Waals surface area contributed by atoms with Gasteiger partial charge < -0.3 is 16.4 Å². The van der Waals surface area contributed by atoms with Crippen molar-refractivity contribution in [2.45, 2.75) is 25.4 Å².